The van der Waals surface area contributed by atoms with Crippen LogP contribution < -0.4 is 23.6 Å². The Bertz CT molecular complexity index is 1040. The SMILES string of the molecule is CCCCCCCCCCCCP(=O)(O)OP(=O)(O)OC[C@@H]1C=C[C@H](n2cc(C)c(=O)[nH]c2=O)O1.N.N. The van der Waals surface area contributed by atoms with Gasteiger partial charge in [0.2, 0.25) is 0 Å². The van der Waals surface area contributed by atoms with Gasteiger partial charge in [0.15, 0.2) is 6.23 Å². The molecule has 9 N–H and O–H groups in total. The number of aryl methyl sites for hydroxylation is 1. The van der Waals surface area contributed by atoms with Crippen molar-refractivity contribution in [3.05, 3.63) is 44.8 Å². The molecule has 2 unspecified atom stereocenters. The van der Waals surface area contributed by atoms with Crippen LogP contribution in [0.4, 0.5) is 0 Å². The molecule has 1 aliphatic rings. The molecule has 0 spiro atoms. The van der Waals surface area contributed by atoms with Gasteiger partial charge in [0.25, 0.3) is 5.56 Å². The topological polar surface area (TPSA) is 227 Å². The Morgan fingerprint density at radius 2 is 1.54 bits per heavy atom. The van der Waals surface area contributed by atoms with E-state index in [2.05, 4.69) is 16.2 Å². The van der Waals surface area contributed by atoms with E-state index in [-0.39, 0.29) is 18.5 Å². The highest BCUT2D eigenvalue weighted by Crippen LogP contribution is 2.60. The summed E-state index contributed by atoms with van der Waals surface area (Å²) < 4.78 is 40.5. The van der Waals surface area contributed by atoms with Crippen molar-refractivity contribution in [1.29, 1.82) is 0 Å². The highest BCUT2D eigenvalue weighted by atomic mass is 31.3. The van der Waals surface area contributed by atoms with E-state index in [0.717, 1.165) is 30.3 Å². The fourth-order valence-corrected chi connectivity index (χ4v) is 6.47. The number of rotatable bonds is 17. The Balaban J connectivity index is 0.00000648. The molecule has 0 saturated heterocycles. The van der Waals surface area contributed by atoms with Crippen LogP contribution in [0.25, 0.3) is 0 Å². The van der Waals surface area contributed by atoms with E-state index >= 15 is 0 Å². The standard InChI is InChI=1S/C22H38N2O9P2.2H3N/c1-3-4-5-6-7-8-9-10-11-12-15-34(27,28)33-35(29,30)31-17-19-13-14-20(32-19)24-16-18(2)21(25)23-22(24)26;;/h13-14,16,19-20H,3-12,15,17H2,1-2H3,(H,27,28)(H,29,30)(H,23,25,26);2*1H3/t19-,20+;;/m0../s1. The summed E-state index contributed by atoms with van der Waals surface area (Å²) in [7, 11) is -9.11. The lowest BCUT2D eigenvalue weighted by Crippen LogP contribution is -2.33. The van der Waals surface area contributed by atoms with Crippen LogP contribution in [-0.2, 0) is 22.7 Å². The number of ether oxygens (including phenoxy) is 1. The normalized spacial score (nSPS) is 20.0. The number of aromatic nitrogens is 2. The van der Waals surface area contributed by atoms with E-state index in [1.807, 2.05) is 0 Å². The summed E-state index contributed by atoms with van der Waals surface area (Å²) in [5.41, 5.74) is -0.852. The first-order chi connectivity index (χ1) is 16.5. The van der Waals surface area contributed by atoms with Crippen molar-refractivity contribution < 1.29 is 32.5 Å². The lowest BCUT2D eigenvalue weighted by molar-refractivity contribution is -0.0101. The van der Waals surface area contributed by atoms with E-state index < -0.39 is 45.6 Å². The average Bonchev–Trinajstić information content (AvgIpc) is 3.24. The zero-order chi connectivity index (χ0) is 25.9. The largest absolute Gasteiger partial charge is 0.479 e. The Morgan fingerprint density at radius 1 is 0.973 bits per heavy atom. The molecule has 0 radical (unpaired) electrons. The molecule has 0 saturated carbocycles. The van der Waals surface area contributed by atoms with Crippen molar-refractivity contribution in [2.75, 3.05) is 12.8 Å². The molecular formula is C22H44N4O9P2. The van der Waals surface area contributed by atoms with Crippen molar-refractivity contribution >= 4 is 15.4 Å². The second kappa shape index (κ2) is 17.2. The van der Waals surface area contributed by atoms with Gasteiger partial charge in [0.05, 0.1) is 12.8 Å². The molecular weight excluding hydrogens is 526 g/mol. The minimum Gasteiger partial charge on any atom is -0.344 e. The summed E-state index contributed by atoms with van der Waals surface area (Å²) in [6.07, 6.45) is 13.0. The molecule has 1 aromatic rings. The first kappa shape index (κ1) is 35.6. The number of hydrogen-bond donors (Lipinski definition) is 5. The third-order valence-electron chi connectivity index (χ3n) is 5.65. The lowest BCUT2D eigenvalue weighted by Gasteiger charge is -2.19. The fraction of sp³-hybridized carbons (Fsp3) is 0.727. The fourth-order valence-electron chi connectivity index (χ4n) is 3.71. The van der Waals surface area contributed by atoms with Crippen LogP contribution in [0.2, 0.25) is 0 Å². The molecule has 0 fully saturated rings. The van der Waals surface area contributed by atoms with E-state index in [4.69, 9.17) is 9.26 Å². The van der Waals surface area contributed by atoms with Gasteiger partial charge in [-0.2, -0.15) is 0 Å². The van der Waals surface area contributed by atoms with Gasteiger partial charge in [-0.05, 0) is 19.4 Å². The van der Waals surface area contributed by atoms with E-state index in [1.54, 1.807) is 0 Å². The highest BCUT2D eigenvalue weighted by Gasteiger charge is 2.34. The molecule has 0 aliphatic carbocycles. The first-order valence-corrected chi connectivity index (χ1v) is 15.4. The molecule has 2 rings (SSSR count). The maximum absolute atomic E-state index is 12.2. The van der Waals surface area contributed by atoms with E-state index in [9.17, 15) is 28.5 Å². The average molecular weight is 571 g/mol. The first-order valence-electron chi connectivity index (χ1n) is 12.2. The molecule has 216 valence electrons. The summed E-state index contributed by atoms with van der Waals surface area (Å²) in [6.45, 7) is 3.29. The van der Waals surface area contributed by atoms with Gasteiger partial charge in [-0.15, -0.1) is 0 Å². The summed E-state index contributed by atoms with van der Waals surface area (Å²) in [5.74, 6) is 0. The minimum atomic E-state index is -4.81. The molecule has 15 heteroatoms. The summed E-state index contributed by atoms with van der Waals surface area (Å²) in [6, 6.07) is 0. The number of unbranched alkanes of at least 4 members (excludes halogenated alkanes) is 9. The maximum atomic E-state index is 12.2. The summed E-state index contributed by atoms with van der Waals surface area (Å²) >= 11 is 0. The summed E-state index contributed by atoms with van der Waals surface area (Å²) in [5, 5.41) is 0. The number of nitrogens with zero attached hydrogens (tertiary/aromatic N) is 1. The quantitative estimate of drug-likeness (QED) is 0.0964. The number of H-pyrrole nitrogens is 1. The maximum Gasteiger partial charge on any atom is 0.479 e. The van der Waals surface area contributed by atoms with Crippen LogP contribution in [0, 0.1) is 6.92 Å². The zero-order valence-electron chi connectivity index (χ0n) is 21.9. The second-order valence-electron chi connectivity index (χ2n) is 8.82. The van der Waals surface area contributed by atoms with Gasteiger partial charge in [-0.25, -0.2) is 13.7 Å². The van der Waals surface area contributed by atoms with Crippen LogP contribution in [0.15, 0.2) is 27.9 Å². The minimum absolute atomic E-state index is 0. The zero-order valence-corrected chi connectivity index (χ0v) is 23.7. The van der Waals surface area contributed by atoms with Crippen LogP contribution in [0.3, 0.4) is 0 Å². The Labute approximate surface area is 217 Å². The number of phosphoric acid groups is 1. The monoisotopic (exact) mass is 570 g/mol. The van der Waals surface area contributed by atoms with Crippen molar-refractivity contribution in [1.82, 2.24) is 21.9 Å². The Kier molecular flexibility index (Phi) is 16.6. The molecule has 1 aromatic heterocycles. The molecule has 1 aliphatic heterocycles. The van der Waals surface area contributed by atoms with Crippen LogP contribution in [0.1, 0.15) is 82.9 Å². The lowest BCUT2D eigenvalue weighted by atomic mass is 10.1. The molecule has 2 heterocycles. The van der Waals surface area contributed by atoms with E-state index in [1.165, 1.54) is 57.4 Å². The van der Waals surface area contributed by atoms with Gasteiger partial charge in [0.1, 0.15) is 6.10 Å². The van der Waals surface area contributed by atoms with E-state index in [0.29, 0.717) is 12.0 Å². The summed E-state index contributed by atoms with van der Waals surface area (Å²) in [4.78, 5) is 45.4. The van der Waals surface area contributed by atoms with Crippen LogP contribution in [-0.4, -0.2) is 38.2 Å². The molecule has 37 heavy (non-hydrogen) atoms. The smallest absolute Gasteiger partial charge is 0.344 e. The Hall–Kier alpha value is -1.40. The number of aromatic amines is 1. The van der Waals surface area contributed by atoms with Gasteiger partial charge >= 0.3 is 21.1 Å². The number of nitrogens with one attached hydrogen (secondary N) is 1. The molecule has 0 bridgehead atoms. The predicted molar refractivity (Wildman–Crippen MR) is 143 cm³/mol. The van der Waals surface area contributed by atoms with Crippen LogP contribution in [0.5, 0.6) is 0 Å². The molecule has 0 aromatic carbocycles. The van der Waals surface area contributed by atoms with Crippen molar-refractivity contribution in [2.45, 2.75) is 90.4 Å². The Morgan fingerprint density at radius 3 is 2.14 bits per heavy atom. The number of phosphoric ester groups is 1. The van der Waals surface area contributed by atoms with Gasteiger partial charge < -0.3 is 26.8 Å². The third kappa shape index (κ3) is 13.3. The van der Waals surface area contributed by atoms with Crippen LogP contribution >= 0.6 is 15.4 Å². The molecule has 13 nitrogen and oxygen atoms in total. The second-order valence-corrected chi connectivity index (χ2v) is 12.4. The van der Waals surface area contributed by atoms with Crippen molar-refractivity contribution in [3.8, 4) is 0 Å². The van der Waals surface area contributed by atoms with Crippen molar-refractivity contribution in [3.63, 3.8) is 0 Å². The van der Waals surface area contributed by atoms with Gasteiger partial charge in [-0.3, -0.25) is 23.4 Å². The third-order valence-corrected chi connectivity index (χ3v) is 8.85. The van der Waals surface area contributed by atoms with Gasteiger partial charge in [-0.1, -0.05) is 70.8 Å². The molecule has 4 atom stereocenters. The number of hydrogen-bond acceptors (Lipinski definition) is 9. The van der Waals surface area contributed by atoms with Crippen molar-refractivity contribution in [2.24, 2.45) is 0 Å². The predicted octanol–water partition coefficient (Wildman–Crippen LogP) is 4.86. The highest BCUT2D eigenvalue weighted by molar-refractivity contribution is 7.64. The molecule has 0 amide bonds. The van der Waals surface area contributed by atoms with Gasteiger partial charge in [0, 0.05) is 11.8 Å².